The summed E-state index contributed by atoms with van der Waals surface area (Å²) < 4.78 is 10.6. The Morgan fingerprint density at radius 1 is 1.03 bits per heavy atom. The molecule has 8 heteroatoms. The molecule has 7 nitrogen and oxygen atoms in total. The molecule has 2 heterocycles. The largest absolute Gasteiger partial charge is 0.454 e. The number of rotatable bonds is 4. The van der Waals surface area contributed by atoms with Crippen LogP contribution < -0.4 is 20.1 Å². The highest BCUT2D eigenvalue weighted by Crippen LogP contribution is 2.40. The number of ether oxygens (including phenoxy) is 2. The Kier molecular flexibility index (Phi) is 4.40. The summed E-state index contributed by atoms with van der Waals surface area (Å²) in [6.07, 6.45) is 1.48. The van der Waals surface area contributed by atoms with Crippen molar-refractivity contribution in [3.8, 4) is 11.5 Å². The van der Waals surface area contributed by atoms with Crippen molar-refractivity contribution in [1.82, 2.24) is 4.98 Å². The minimum atomic E-state index is -0.339. The van der Waals surface area contributed by atoms with E-state index in [9.17, 15) is 9.59 Å². The summed E-state index contributed by atoms with van der Waals surface area (Å²) in [5, 5.41) is 6.28. The zero-order valence-corrected chi connectivity index (χ0v) is 16.1. The maximum absolute atomic E-state index is 12.8. The van der Waals surface area contributed by atoms with E-state index in [0.717, 1.165) is 17.0 Å². The highest BCUT2D eigenvalue weighted by atomic mass is 32.1. The molecule has 0 bridgehead atoms. The van der Waals surface area contributed by atoms with E-state index in [4.69, 9.17) is 9.47 Å². The van der Waals surface area contributed by atoms with Crippen LogP contribution in [-0.4, -0.2) is 23.6 Å². The highest BCUT2D eigenvalue weighted by Gasteiger charge is 2.33. The molecule has 0 radical (unpaired) electrons. The predicted octanol–water partition coefficient (Wildman–Crippen LogP) is 3.79. The van der Waals surface area contributed by atoms with E-state index in [1.807, 2.05) is 18.2 Å². The molecule has 0 spiro atoms. The van der Waals surface area contributed by atoms with Crippen LogP contribution in [0.15, 0.2) is 48.5 Å². The molecule has 29 heavy (non-hydrogen) atoms. The zero-order chi connectivity index (χ0) is 19.8. The maximum atomic E-state index is 12.8. The lowest BCUT2D eigenvalue weighted by Crippen LogP contribution is -2.20. The Bertz CT molecular complexity index is 1100. The standard InChI is InChI=1S/C21H17N3O4S/c25-19(12-4-2-1-3-5-12)24-21-23-18-14(7-9-17(18)29-21)20(26)22-13-6-8-15-16(10-13)28-11-27-15/h1-6,8,10,14H,7,9,11H2,(H,22,26)(H,23,24,25). The van der Waals surface area contributed by atoms with Crippen molar-refractivity contribution in [2.45, 2.75) is 18.8 Å². The van der Waals surface area contributed by atoms with Gasteiger partial charge in [-0.2, -0.15) is 0 Å². The molecule has 0 saturated carbocycles. The molecule has 0 fully saturated rings. The summed E-state index contributed by atoms with van der Waals surface area (Å²) in [5.74, 6) is 0.626. The minimum Gasteiger partial charge on any atom is -0.454 e. The van der Waals surface area contributed by atoms with Crippen molar-refractivity contribution in [3.63, 3.8) is 0 Å². The monoisotopic (exact) mass is 407 g/mol. The van der Waals surface area contributed by atoms with E-state index < -0.39 is 0 Å². The van der Waals surface area contributed by atoms with Crippen LogP contribution in [0.3, 0.4) is 0 Å². The number of aromatic nitrogens is 1. The topological polar surface area (TPSA) is 89.6 Å². The van der Waals surface area contributed by atoms with Crippen LogP contribution in [0.2, 0.25) is 0 Å². The third-order valence-corrected chi connectivity index (χ3v) is 5.98. The van der Waals surface area contributed by atoms with Gasteiger partial charge in [-0.15, -0.1) is 11.3 Å². The van der Waals surface area contributed by atoms with Crippen molar-refractivity contribution >= 4 is 34.0 Å². The van der Waals surface area contributed by atoms with Gasteiger partial charge in [-0.1, -0.05) is 18.2 Å². The smallest absolute Gasteiger partial charge is 0.257 e. The van der Waals surface area contributed by atoms with E-state index in [2.05, 4.69) is 15.6 Å². The Balaban J connectivity index is 1.29. The van der Waals surface area contributed by atoms with Crippen molar-refractivity contribution in [2.75, 3.05) is 17.4 Å². The van der Waals surface area contributed by atoms with Gasteiger partial charge in [0.05, 0.1) is 11.6 Å². The first-order valence-corrected chi connectivity index (χ1v) is 10.1. The number of aryl methyl sites for hydroxylation is 1. The number of thiazole rings is 1. The first-order chi connectivity index (χ1) is 14.2. The van der Waals surface area contributed by atoms with Gasteiger partial charge in [0.15, 0.2) is 16.6 Å². The number of nitrogens with zero attached hydrogens (tertiary/aromatic N) is 1. The van der Waals surface area contributed by atoms with Gasteiger partial charge in [0, 0.05) is 22.2 Å². The fourth-order valence-corrected chi connectivity index (χ4v) is 4.53. The Morgan fingerprint density at radius 2 is 1.86 bits per heavy atom. The lowest BCUT2D eigenvalue weighted by Gasteiger charge is -2.11. The van der Waals surface area contributed by atoms with Crippen LogP contribution in [0.4, 0.5) is 10.8 Å². The highest BCUT2D eigenvalue weighted by molar-refractivity contribution is 7.16. The number of carbonyl (C=O) groups excluding carboxylic acids is 2. The summed E-state index contributed by atoms with van der Waals surface area (Å²) in [7, 11) is 0. The fourth-order valence-electron chi connectivity index (χ4n) is 3.50. The number of hydrogen-bond acceptors (Lipinski definition) is 6. The second kappa shape index (κ2) is 7.21. The average Bonchev–Trinajstić information content (AvgIpc) is 3.43. The van der Waals surface area contributed by atoms with Crippen LogP contribution in [0.1, 0.15) is 33.3 Å². The first-order valence-electron chi connectivity index (χ1n) is 9.24. The van der Waals surface area contributed by atoms with Gasteiger partial charge in [0.2, 0.25) is 12.7 Å². The molecular formula is C21H17N3O4S. The average molecular weight is 407 g/mol. The summed E-state index contributed by atoms with van der Waals surface area (Å²) in [6.45, 7) is 0.190. The number of nitrogens with one attached hydrogen (secondary N) is 2. The van der Waals surface area contributed by atoms with Gasteiger partial charge in [-0.25, -0.2) is 4.98 Å². The number of hydrogen-bond donors (Lipinski definition) is 2. The molecule has 1 aliphatic carbocycles. The molecule has 0 saturated heterocycles. The molecule has 2 amide bonds. The number of carbonyl (C=O) groups is 2. The van der Waals surface area contributed by atoms with Crippen molar-refractivity contribution in [2.24, 2.45) is 0 Å². The van der Waals surface area contributed by atoms with E-state index in [1.54, 1.807) is 30.3 Å². The third-order valence-electron chi connectivity index (χ3n) is 4.93. The van der Waals surface area contributed by atoms with Gasteiger partial charge >= 0.3 is 0 Å². The van der Waals surface area contributed by atoms with Crippen LogP contribution in [-0.2, 0) is 11.2 Å². The third kappa shape index (κ3) is 3.42. The number of amides is 2. The van der Waals surface area contributed by atoms with Gasteiger partial charge in [-0.05, 0) is 37.1 Å². The Morgan fingerprint density at radius 3 is 2.72 bits per heavy atom. The van der Waals surface area contributed by atoms with Gasteiger partial charge in [-0.3, -0.25) is 14.9 Å². The molecule has 1 atom stereocenters. The molecule has 146 valence electrons. The van der Waals surface area contributed by atoms with Gasteiger partial charge in [0.1, 0.15) is 0 Å². The van der Waals surface area contributed by atoms with Crippen molar-refractivity contribution < 1.29 is 19.1 Å². The van der Waals surface area contributed by atoms with Crippen molar-refractivity contribution in [3.05, 3.63) is 64.7 Å². The van der Waals surface area contributed by atoms with Crippen LogP contribution in [0.5, 0.6) is 11.5 Å². The second-order valence-corrected chi connectivity index (χ2v) is 7.88. The quantitative estimate of drug-likeness (QED) is 0.687. The molecule has 5 rings (SSSR count). The number of anilines is 2. The molecule has 2 N–H and O–H groups in total. The van der Waals surface area contributed by atoms with Crippen molar-refractivity contribution in [1.29, 1.82) is 0 Å². The fraction of sp³-hybridized carbons (Fsp3) is 0.190. The lowest BCUT2D eigenvalue weighted by molar-refractivity contribution is -0.117. The van der Waals surface area contributed by atoms with E-state index in [0.29, 0.717) is 34.3 Å². The van der Waals surface area contributed by atoms with E-state index in [-0.39, 0.29) is 24.5 Å². The predicted molar refractivity (Wildman–Crippen MR) is 109 cm³/mol. The van der Waals surface area contributed by atoms with E-state index in [1.165, 1.54) is 11.3 Å². The van der Waals surface area contributed by atoms with Crippen LogP contribution in [0.25, 0.3) is 0 Å². The van der Waals surface area contributed by atoms with Crippen LogP contribution >= 0.6 is 11.3 Å². The SMILES string of the molecule is O=C(Nc1nc2c(s1)CCC2C(=O)Nc1ccc2c(c1)OCO2)c1ccccc1. The van der Waals surface area contributed by atoms with Gasteiger partial charge < -0.3 is 14.8 Å². The Hall–Kier alpha value is -3.39. The number of benzene rings is 2. The summed E-state index contributed by atoms with van der Waals surface area (Å²) in [4.78, 5) is 30.7. The van der Waals surface area contributed by atoms with E-state index >= 15 is 0 Å². The second-order valence-electron chi connectivity index (χ2n) is 6.80. The Labute approximate surface area is 170 Å². The molecule has 2 aromatic carbocycles. The lowest BCUT2D eigenvalue weighted by atomic mass is 10.1. The maximum Gasteiger partial charge on any atom is 0.257 e. The van der Waals surface area contributed by atoms with Crippen LogP contribution in [0, 0.1) is 0 Å². The summed E-state index contributed by atoms with van der Waals surface area (Å²) in [5.41, 5.74) is 1.97. The normalized spacial score (nSPS) is 16.3. The minimum absolute atomic E-state index is 0.117. The zero-order valence-electron chi connectivity index (χ0n) is 15.3. The van der Waals surface area contributed by atoms with Gasteiger partial charge in [0.25, 0.3) is 5.91 Å². The molecule has 1 aliphatic heterocycles. The molecule has 1 aromatic heterocycles. The number of fused-ring (bicyclic) bond motifs is 2. The summed E-state index contributed by atoms with van der Waals surface area (Å²) >= 11 is 1.43. The first kappa shape index (κ1) is 17.7. The molecular weight excluding hydrogens is 390 g/mol. The molecule has 2 aliphatic rings. The molecule has 3 aromatic rings. The summed E-state index contributed by atoms with van der Waals surface area (Å²) in [6, 6.07) is 14.3. The molecule has 1 unspecified atom stereocenters.